The molecular formula is C19H25NO5. The van der Waals surface area contributed by atoms with Gasteiger partial charge in [0.15, 0.2) is 0 Å². The number of hydrogen-bond acceptors (Lipinski definition) is 6. The molecule has 0 aromatic heterocycles. The fourth-order valence-corrected chi connectivity index (χ4v) is 2.50. The molecule has 136 valence electrons. The van der Waals surface area contributed by atoms with Crippen molar-refractivity contribution in [3.63, 3.8) is 0 Å². The van der Waals surface area contributed by atoms with E-state index in [-0.39, 0.29) is 11.5 Å². The molecule has 0 unspecified atom stereocenters. The van der Waals surface area contributed by atoms with Gasteiger partial charge in [0.05, 0.1) is 18.8 Å². The number of oxime groups is 1. The molecule has 0 radical (unpaired) electrons. The van der Waals surface area contributed by atoms with E-state index in [4.69, 9.17) is 9.47 Å². The van der Waals surface area contributed by atoms with E-state index in [0.29, 0.717) is 36.7 Å². The zero-order chi connectivity index (χ0) is 18.2. The first-order chi connectivity index (χ1) is 12.1. The number of fused-ring (bicyclic) bond motifs is 1. The third kappa shape index (κ3) is 5.05. The average molecular weight is 347 g/mol. The number of Topliss-reactive ketones (excluding diaryl/α,β-unsaturated/α-hetero) is 1. The van der Waals surface area contributed by atoms with Crippen LogP contribution in [0.5, 0.6) is 11.5 Å². The number of unbranched alkanes of at least 4 members (excludes halogenated alkanes) is 2. The van der Waals surface area contributed by atoms with E-state index < -0.39 is 5.97 Å². The summed E-state index contributed by atoms with van der Waals surface area (Å²) in [5.41, 5.74) is 1.48. The maximum Gasteiger partial charge on any atom is 0.331 e. The second kappa shape index (κ2) is 9.20. The van der Waals surface area contributed by atoms with Crippen LogP contribution >= 0.6 is 0 Å². The first-order valence-corrected chi connectivity index (χ1v) is 8.78. The van der Waals surface area contributed by atoms with Crippen molar-refractivity contribution in [2.75, 3.05) is 13.2 Å². The number of carbonyl (C=O) groups excluding carboxylic acids is 2. The highest BCUT2D eigenvalue weighted by molar-refractivity contribution is 6.50. The van der Waals surface area contributed by atoms with Crippen LogP contribution in [0.25, 0.3) is 0 Å². The van der Waals surface area contributed by atoms with E-state index >= 15 is 0 Å². The van der Waals surface area contributed by atoms with Gasteiger partial charge in [-0.25, -0.2) is 4.79 Å². The van der Waals surface area contributed by atoms with Crippen molar-refractivity contribution in [1.82, 2.24) is 0 Å². The largest absolute Gasteiger partial charge is 0.493 e. The van der Waals surface area contributed by atoms with Crippen LogP contribution in [0.2, 0.25) is 0 Å². The molecule has 0 amide bonds. The molecule has 0 spiro atoms. The minimum absolute atomic E-state index is 0.205. The van der Waals surface area contributed by atoms with Crippen molar-refractivity contribution < 1.29 is 23.9 Å². The highest BCUT2D eigenvalue weighted by Gasteiger charge is 2.32. The van der Waals surface area contributed by atoms with Crippen molar-refractivity contribution in [1.29, 1.82) is 0 Å². The summed E-state index contributed by atoms with van der Waals surface area (Å²) in [6.45, 7) is 6.57. The highest BCUT2D eigenvalue weighted by Crippen LogP contribution is 2.34. The van der Waals surface area contributed by atoms with Gasteiger partial charge in [-0.05, 0) is 24.5 Å². The molecule has 0 aliphatic heterocycles. The Labute approximate surface area is 148 Å². The average Bonchev–Trinajstić information content (AvgIpc) is 2.89. The van der Waals surface area contributed by atoms with E-state index in [1.807, 2.05) is 6.07 Å². The molecule has 2 rings (SSSR count). The Balaban J connectivity index is 2.27. The van der Waals surface area contributed by atoms with Gasteiger partial charge in [0.2, 0.25) is 5.78 Å². The van der Waals surface area contributed by atoms with Crippen LogP contribution in [-0.4, -0.2) is 30.7 Å². The Kier molecular flexibility index (Phi) is 6.98. The highest BCUT2D eigenvalue weighted by atomic mass is 16.7. The predicted octanol–water partition coefficient (Wildman–Crippen LogP) is 3.70. The molecule has 1 aromatic carbocycles. The van der Waals surface area contributed by atoms with Crippen molar-refractivity contribution in [2.24, 2.45) is 5.16 Å². The minimum atomic E-state index is -0.556. The van der Waals surface area contributed by atoms with Crippen LogP contribution in [0.3, 0.4) is 0 Å². The summed E-state index contributed by atoms with van der Waals surface area (Å²) in [5.74, 6) is 0.373. The third-order valence-electron chi connectivity index (χ3n) is 3.81. The van der Waals surface area contributed by atoms with Crippen LogP contribution in [0.4, 0.5) is 0 Å². The van der Waals surface area contributed by atoms with Crippen molar-refractivity contribution in [3.8, 4) is 11.5 Å². The molecule has 0 saturated heterocycles. The molecule has 0 atom stereocenters. The summed E-state index contributed by atoms with van der Waals surface area (Å²) in [7, 11) is 0. The van der Waals surface area contributed by atoms with E-state index in [1.54, 1.807) is 6.07 Å². The van der Waals surface area contributed by atoms with Crippen molar-refractivity contribution in [2.45, 2.75) is 52.9 Å². The summed E-state index contributed by atoms with van der Waals surface area (Å²) in [4.78, 5) is 28.2. The fraction of sp³-hybridized carbons (Fsp3) is 0.526. The Morgan fingerprint density at radius 2 is 1.80 bits per heavy atom. The quantitative estimate of drug-likeness (QED) is 0.387. The lowest BCUT2D eigenvalue weighted by molar-refractivity contribution is -0.140. The van der Waals surface area contributed by atoms with Crippen LogP contribution in [0.1, 0.15) is 62.4 Å². The standard InChI is InChI=1S/C19H25NO5/c1-4-6-8-23-15-10-14-11-16(20-25-13(3)21)19(22)18(14)17(12-15)24-9-7-5-2/h10,12H,4-9,11H2,1-3H3. The number of carbonyl (C=O) groups is 2. The van der Waals surface area contributed by atoms with Crippen LogP contribution in [0.15, 0.2) is 17.3 Å². The number of benzene rings is 1. The zero-order valence-electron chi connectivity index (χ0n) is 15.1. The van der Waals surface area contributed by atoms with E-state index in [1.165, 1.54) is 6.92 Å². The molecule has 6 heteroatoms. The Bertz CT molecular complexity index is 666. The zero-order valence-corrected chi connectivity index (χ0v) is 15.1. The summed E-state index contributed by atoms with van der Waals surface area (Å²) >= 11 is 0. The molecule has 0 fully saturated rings. The van der Waals surface area contributed by atoms with Gasteiger partial charge in [-0.15, -0.1) is 0 Å². The maximum atomic E-state index is 12.6. The second-order valence-electron chi connectivity index (χ2n) is 5.99. The Morgan fingerprint density at radius 3 is 2.44 bits per heavy atom. The van der Waals surface area contributed by atoms with Gasteiger partial charge in [0, 0.05) is 19.4 Å². The van der Waals surface area contributed by atoms with Gasteiger partial charge in [-0.3, -0.25) is 4.79 Å². The molecule has 0 heterocycles. The summed E-state index contributed by atoms with van der Waals surface area (Å²) in [6.07, 6.45) is 4.21. The van der Waals surface area contributed by atoms with Gasteiger partial charge in [0.25, 0.3) is 0 Å². The first-order valence-electron chi connectivity index (χ1n) is 8.78. The monoisotopic (exact) mass is 347 g/mol. The SMILES string of the molecule is CCCCOc1cc2c(c(OCCCC)c1)C(=O)C(=NOC(C)=O)C2. The molecule has 0 bridgehead atoms. The summed E-state index contributed by atoms with van der Waals surface area (Å²) in [6, 6.07) is 3.60. The van der Waals surface area contributed by atoms with Crippen molar-refractivity contribution >= 4 is 17.5 Å². The normalized spacial score (nSPS) is 14.5. The van der Waals surface area contributed by atoms with Gasteiger partial charge in [-0.1, -0.05) is 31.8 Å². The van der Waals surface area contributed by atoms with Gasteiger partial charge in [0.1, 0.15) is 17.2 Å². The van der Waals surface area contributed by atoms with Gasteiger partial charge in [-0.2, -0.15) is 0 Å². The van der Waals surface area contributed by atoms with E-state index in [0.717, 1.165) is 31.2 Å². The summed E-state index contributed by atoms with van der Waals surface area (Å²) < 4.78 is 11.6. The number of nitrogens with zero attached hydrogens (tertiary/aromatic N) is 1. The smallest absolute Gasteiger partial charge is 0.331 e. The minimum Gasteiger partial charge on any atom is -0.493 e. The lowest BCUT2D eigenvalue weighted by Crippen LogP contribution is -2.11. The molecular weight excluding hydrogens is 322 g/mol. The first kappa shape index (κ1) is 19.0. The maximum absolute atomic E-state index is 12.6. The lowest BCUT2D eigenvalue weighted by Gasteiger charge is -2.13. The third-order valence-corrected chi connectivity index (χ3v) is 3.81. The second-order valence-corrected chi connectivity index (χ2v) is 5.99. The molecule has 25 heavy (non-hydrogen) atoms. The van der Waals surface area contributed by atoms with E-state index in [2.05, 4.69) is 23.8 Å². The molecule has 1 aliphatic carbocycles. The molecule has 6 nitrogen and oxygen atoms in total. The number of rotatable bonds is 9. The van der Waals surface area contributed by atoms with Crippen molar-refractivity contribution in [3.05, 3.63) is 23.3 Å². The Hall–Kier alpha value is -2.37. The van der Waals surface area contributed by atoms with Crippen LogP contribution in [-0.2, 0) is 16.1 Å². The van der Waals surface area contributed by atoms with Crippen LogP contribution in [0, 0.1) is 0 Å². The number of ether oxygens (including phenoxy) is 2. The molecule has 1 aromatic rings. The molecule has 0 saturated carbocycles. The van der Waals surface area contributed by atoms with Crippen LogP contribution < -0.4 is 9.47 Å². The van der Waals surface area contributed by atoms with Gasteiger partial charge < -0.3 is 14.3 Å². The summed E-state index contributed by atoms with van der Waals surface area (Å²) in [5, 5.41) is 3.68. The lowest BCUT2D eigenvalue weighted by atomic mass is 10.1. The number of hydrogen-bond donors (Lipinski definition) is 0. The fourth-order valence-electron chi connectivity index (χ4n) is 2.50. The van der Waals surface area contributed by atoms with E-state index in [9.17, 15) is 9.59 Å². The van der Waals surface area contributed by atoms with Gasteiger partial charge >= 0.3 is 5.97 Å². The molecule has 0 N–H and O–H groups in total. The Morgan fingerprint density at radius 1 is 1.12 bits per heavy atom. The topological polar surface area (TPSA) is 74.2 Å². The number of ketones is 1. The molecule has 1 aliphatic rings. The predicted molar refractivity (Wildman–Crippen MR) is 94.5 cm³/mol.